The number of thiazole rings is 1. The maximum Gasteiger partial charge on any atom is 0.301 e. The molecule has 1 atom stereocenters. The summed E-state index contributed by atoms with van der Waals surface area (Å²) in [5, 5.41) is 11.8. The van der Waals surface area contributed by atoms with Gasteiger partial charge in [-0.05, 0) is 48.0 Å². The topological polar surface area (TPSA) is 92.6 Å². The molecule has 1 saturated heterocycles. The second-order valence-corrected chi connectivity index (χ2v) is 8.68. The molecule has 1 amide bonds. The highest BCUT2D eigenvalue weighted by molar-refractivity contribution is 7.22. The van der Waals surface area contributed by atoms with Gasteiger partial charge in [0.15, 0.2) is 5.13 Å². The predicted molar refractivity (Wildman–Crippen MR) is 127 cm³/mol. The summed E-state index contributed by atoms with van der Waals surface area (Å²) in [4.78, 5) is 36.4. The number of hydrogen-bond acceptors (Lipinski definition) is 7. The fraction of sp³-hybridized carbons (Fsp3) is 0.0833. The van der Waals surface area contributed by atoms with Crippen LogP contribution in [0.3, 0.4) is 0 Å². The van der Waals surface area contributed by atoms with Crippen molar-refractivity contribution in [1.29, 1.82) is 0 Å². The van der Waals surface area contributed by atoms with Crippen LogP contribution < -0.4 is 9.64 Å². The van der Waals surface area contributed by atoms with Crippen LogP contribution in [-0.4, -0.2) is 33.9 Å². The van der Waals surface area contributed by atoms with E-state index >= 15 is 0 Å². The lowest BCUT2D eigenvalue weighted by molar-refractivity contribution is -0.132. The summed E-state index contributed by atoms with van der Waals surface area (Å²) in [5.41, 5.74) is 1.58. The Morgan fingerprint density at radius 2 is 1.88 bits per heavy atom. The lowest BCUT2D eigenvalue weighted by Crippen LogP contribution is -2.29. The van der Waals surface area contributed by atoms with Crippen molar-refractivity contribution in [2.45, 2.75) is 6.04 Å². The zero-order chi connectivity index (χ0) is 23.1. The van der Waals surface area contributed by atoms with E-state index in [0.29, 0.717) is 22.0 Å². The van der Waals surface area contributed by atoms with Gasteiger partial charge < -0.3 is 9.84 Å². The first-order chi connectivity index (χ1) is 16.0. The van der Waals surface area contributed by atoms with Crippen LogP contribution in [-0.2, 0) is 9.59 Å². The highest BCUT2D eigenvalue weighted by atomic mass is 35.5. The molecular weight excluding hydrogens is 462 g/mol. The van der Waals surface area contributed by atoms with E-state index in [4.69, 9.17) is 16.3 Å². The van der Waals surface area contributed by atoms with Crippen LogP contribution in [0.2, 0.25) is 5.02 Å². The van der Waals surface area contributed by atoms with E-state index in [1.807, 2.05) is 24.3 Å². The molecule has 0 aliphatic carbocycles. The number of anilines is 1. The number of rotatable bonds is 4. The Morgan fingerprint density at radius 1 is 1.12 bits per heavy atom. The van der Waals surface area contributed by atoms with Gasteiger partial charge in [0, 0.05) is 18.0 Å². The van der Waals surface area contributed by atoms with Crippen LogP contribution in [0.4, 0.5) is 5.13 Å². The van der Waals surface area contributed by atoms with Crippen LogP contribution in [0, 0.1) is 0 Å². The first-order valence-electron chi connectivity index (χ1n) is 9.90. The number of para-hydroxylation sites is 1. The third-order valence-electron chi connectivity index (χ3n) is 5.38. The molecule has 3 heterocycles. The molecule has 0 bridgehead atoms. The smallest absolute Gasteiger partial charge is 0.301 e. The number of nitrogens with zero attached hydrogens (tertiary/aromatic N) is 3. The Kier molecular flexibility index (Phi) is 5.32. The highest BCUT2D eigenvalue weighted by Crippen LogP contribution is 2.44. The zero-order valence-corrected chi connectivity index (χ0v) is 18.8. The number of amides is 1. The number of ketones is 1. The molecular formula is C24H16ClN3O4S. The van der Waals surface area contributed by atoms with Gasteiger partial charge in [-0.15, -0.1) is 0 Å². The number of methoxy groups -OCH3 is 1. The van der Waals surface area contributed by atoms with E-state index in [1.54, 1.807) is 36.7 Å². The molecule has 0 spiro atoms. The second kappa shape index (κ2) is 8.31. The molecule has 1 fully saturated rings. The van der Waals surface area contributed by atoms with Crippen molar-refractivity contribution in [1.82, 2.24) is 9.97 Å². The Morgan fingerprint density at radius 3 is 2.58 bits per heavy atom. The van der Waals surface area contributed by atoms with Gasteiger partial charge in [0.25, 0.3) is 5.78 Å². The monoisotopic (exact) mass is 477 g/mol. The number of ether oxygens (including phenoxy) is 1. The average molecular weight is 478 g/mol. The summed E-state index contributed by atoms with van der Waals surface area (Å²) in [5.74, 6) is -1.48. The summed E-state index contributed by atoms with van der Waals surface area (Å²) in [6.07, 6.45) is 3.14. The van der Waals surface area contributed by atoms with Crippen molar-refractivity contribution >= 4 is 55.7 Å². The molecule has 7 nitrogen and oxygen atoms in total. The Hall–Kier alpha value is -3.75. The lowest BCUT2D eigenvalue weighted by atomic mass is 9.96. The van der Waals surface area contributed by atoms with Crippen molar-refractivity contribution in [3.8, 4) is 5.75 Å². The van der Waals surface area contributed by atoms with Gasteiger partial charge in [0.2, 0.25) is 0 Å². The van der Waals surface area contributed by atoms with Gasteiger partial charge in [-0.25, -0.2) is 4.98 Å². The van der Waals surface area contributed by atoms with Gasteiger partial charge in [0.05, 0.1) is 34.0 Å². The van der Waals surface area contributed by atoms with E-state index in [9.17, 15) is 14.7 Å². The summed E-state index contributed by atoms with van der Waals surface area (Å²) in [7, 11) is 1.48. The SMILES string of the molecule is COc1ccc(/C(O)=C2\C(=O)C(=O)N(c3nc4ccccc4s3)C2c2ccncc2)cc1Cl. The Bertz CT molecular complexity index is 1400. The second-order valence-electron chi connectivity index (χ2n) is 7.26. The molecule has 4 aromatic rings. The molecule has 164 valence electrons. The van der Waals surface area contributed by atoms with Crippen LogP contribution in [0.25, 0.3) is 16.0 Å². The fourth-order valence-electron chi connectivity index (χ4n) is 3.82. The van der Waals surface area contributed by atoms with Gasteiger partial charge in [-0.2, -0.15) is 0 Å². The van der Waals surface area contributed by atoms with Gasteiger partial charge in [-0.1, -0.05) is 35.1 Å². The molecule has 1 N–H and O–H groups in total. The number of aliphatic hydroxyl groups excluding tert-OH is 1. The minimum absolute atomic E-state index is 0.0494. The number of fused-ring (bicyclic) bond motifs is 1. The highest BCUT2D eigenvalue weighted by Gasteiger charge is 2.48. The molecule has 2 aromatic carbocycles. The summed E-state index contributed by atoms with van der Waals surface area (Å²) < 4.78 is 6.04. The molecule has 1 aliphatic heterocycles. The van der Waals surface area contributed by atoms with Gasteiger partial charge in [0.1, 0.15) is 11.5 Å². The molecule has 1 unspecified atom stereocenters. The maximum absolute atomic E-state index is 13.2. The van der Waals surface area contributed by atoms with Crippen molar-refractivity contribution in [2.24, 2.45) is 0 Å². The Balaban J connectivity index is 1.72. The molecule has 1 aliphatic rings. The minimum Gasteiger partial charge on any atom is -0.507 e. The molecule has 2 aromatic heterocycles. The maximum atomic E-state index is 13.2. The molecule has 0 radical (unpaired) electrons. The van der Waals surface area contributed by atoms with Crippen molar-refractivity contribution in [3.05, 3.63) is 88.7 Å². The lowest BCUT2D eigenvalue weighted by Gasteiger charge is -2.22. The van der Waals surface area contributed by atoms with Crippen LogP contribution in [0.5, 0.6) is 5.75 Å². The predicted octanol–water partition coefficient (Wildman–Crippen LogP) is 4.98. The van der Waals surface area contributed by atoms with E-state index in [0.717, 1.165) is 10.2 Å². The zero-order valence-electron chi connectivity index (χ0n) is 17.2. The number of aliphatic hydroxyl groups is 1. The van der Waals surface area contributed by atoms with Crippen LogP contribution in [0.15, 0.2) is 72.6 Å². The van der Waals surface area contributed by atoms with Crippen LogP contribution in [0.1, 0.15) is 17.2 Å². The number of carbonyl (C=O) groups is 2. The van der Waals surface area contributed by atoms with E-state index < -0.39 is 17.7 Å². The standard InChI is InChI=1S/C24H16ClN3O4S/c1-32-17-7-6-14(12-15(17)25)21(29)19-20(13-8-10-26-11-9-13)28(23(31)22(19)30)24-27-16-4-2-3-5-18(16)33-24/h2-12,20,29H,1H3/b21-19+. The van der Waals surface area contributed by atoms with Crippen molar-refractivity contribution < 1.29 is 19.4 Å². The average Bonchev–Trinajstić information content (AvgIpc) is 3.37. The van der Waals surface area contributed by atoms with Gasteiger partial charge >= 0.3 is 5.91 Å². The third-order valence-corrected chi connectivity index (χ3v) is 6.71. The number of carbonyl (C=O) groups excluding carboxylic acids is 2. The number of hydrogen-bond donors (Lipinski definition) is 1. The number of benzene rings is 2. The normalized spacial score (nSPS) is 17.6. The largest absolute Gasteiger partial charge is 0.507 e. The minimum atomic E-state index is -0.880. The quantitative estimate of drug-likeness (QED) is 0.253. The summed E-state index contributed by atoms with van der Waals surface area (Å²) >= 11 is 7.53. The van der Waals surface area contributed by atoms with Crippen LogP contribution >= 0.6 is 22.9 Å². The number of pyridine rings is 1. The van der Waals surface area contributed by atoms with Crippen molar-refractivity contribution in [3.63, 3.8) is 0 Å². The molecule has 5 rings (SSSR count). The van der Waals surface area contributed by atoms with E-state index in [-0.39, 0.29) is 16.4 Å². The number of halogens is 1. The summed E-state index contributed by atoms with van der Waals surface area (Å²) in [6.45, 7) is 0. The van der Waals surface area contributed by atoms with Gasteiger partial charge in [-0.3, -0.25) is 19.5 Å². The van der Waals surface area contributed by atoms with E-state index in [1.165, 1.54) is 29.4 Å². The third kappa shape index (κ3) is 3.53. The first-order valence-corrected chi connectivity index (χ1v) is 11.1. The number of Topliss-reactive ketones (excluding diaryl/α,β-unsaturated/α-hetero) is 1. The Labute approximate surface area is 197 Å². The summed E-state index contributed by atoms with van der Waals surface area (Å²) in [6, 6.07) is 14.6. The molecule has 0 saturated carbocycles. The molecule has 33 heavy (non-hydrogen) atoms. The fourth-order valence-corrected chi connectivity index (χ4v) is 5.07. The first kappa shape index (κ1) is 21.1. The molecule has 9 heteroatoms. The van der Waals surface area contributed by atoms with E-state index in [2.05, 4.69) is 9.97 Å². The van der Waals surface area contributed by atoms with Crippen molar-refractivity contribution in [2.75, 3.05) is 12.0 Å². The number of aromatic nitrogens is 2.